The van der Waals surface area contributed by atoms with Crippen molar-refractivity contribution in [1.29, 1.82) is 0 Å². The summed E-state index contributed by atoms with van der Waals surface area (Å²) in [5.41, 5.74) is 1.79. The van der Waals surface area contributed by atoms with Crippen molar-refractivity contribution in [3.05, 3.63) is 83.9 Å². The SMILES string of the molecule is CC(C)[C@H](c1ccccc1)N(C)C(=O)c1ccc(OCc2nccn2C)cc1. The van der Waals surface area contributed by atoms with Gasteiger partial charge in [0.05, 0.1) is 6.04 Å². The van der Waals surface area contributed by atoms with Gasteiger partial charge in [-0.1, -0.05) is 44.2 Å². The number of imidazole rings is 1. The number of carbonyl (C=O) groups excluding carboxylic acids is 1. The minimum atomic E-state index is -0.00166. The molecule has 5 heteroatoms. The Bertz CT molecular complexity index is 901. The number of hydrogen-bond donors (Lipinski definition) is 0. The molecule has 1 heterocycles. The summed E-state index contributed by atoms with van der Waals surface area (Å²) < 4.78 is 7.69. The second kappa shape index (κ2) is 8.74. The second-order valence-electron chi connectivity index (χ2n) is 7.28. The molecule has 0 N–H and O–H groups in total. The van der Waals surface area contributed by atoms with Crippen molar-refractivity contribution in [1.82, 2.24) is 14.5 Å². The van der Waals surface area contributed by atoms with Crippen LogP contribution in [0.4, 0.5) is 0 Å². The molecule has 1 atom stereocenters. The van der Waals surface area contributed by atoms with Crippen molar-refractivity contribution in [2.75, 3.05) is 7.05 Å². The molecule has 0 saturated heterocycles. The summed E-state index contributed by atoms with van der Waals surface area (Å²) in [7, 11) is 3.80. The average Bonchev–Trinajstić information content (AvgIpc) is 3.11. The topological polar surface area (TPSA) is 47.4 Å². The standard InChI is InChI=1S/C23H27N3O2/c1-17(2)22(18-8-6-5-7-9-18)26(4)23(27)19-10-12-20(13-11-19)28-16-21-24-14-15-25(21)3/h5-15,17,22H,16H2,1-4H3/t22-/m1/s1. The third kappa shape index (κ3) is 4.42. The molecule has 1 aromatic heterocycles. The molecule has 5 nitrogen and oxygen atoms in total. The molecule has 3 rings (SSSR count). The quantitative estimate of drug-likeness (QED) is 0.610. The predicted octanol–water partition coefficient (Wildman–Crippen LogP) is 4.47. The number of aromatic nitrogens is 2. The fourth-order valence-electron chi connectivity index (χ4n) is 3.41. The van der Waals surface area contributed by atoms with Gasteiger partial charge in [-0.15, -0.1) is 0 Å². The number of carbonyl (C=O) groups is 1. The van der Waals surface area contributed by atoms with Crippen LogP contribution in [0.5, 0.6) is 5.75 Å². The van der Waals surface area contributed by atoms with Gasteiger partial charge < -0.3 is 14.2 Å². The number of amides is 1. The van der Waals surface area contributed by atoms with Crippen molar-refractivity contribution < 1.29 is 9.53 Å². The summed E-state index contributed by atoms with van der Waals surface area (Å²) in [4.78, 5) is 19.1. The molecule has 28 heavy (non-hydrogen) atoms. The highest BCUT2D eigenvalue weighted by atomic mass is 16.5. The van der Waals surface area contributed by atoms with Gasteiger partial charge in [-0.05, 0) is 35.7 Å². The predicted molar refractivity (Wildman–Crippen MR) is 110 cm³/mol. The van der Waals surface area contributed by atoms with Crippen molar-refractivity contribution in [3.63, 3.8) is 0 Å². The fourth-order valence-corrected chi connectivity index (χ4v) is 3.41. The molecule has 0 bridgehead atoms. The Balaban J connectivity index is 1.70. The van der Waals surface area contributed by atoms with Crippen LogP contribution < -0.4 is 4.74 Å². The summed E-state index contributed by atoms with van der Waals surface area (Å²) >= 11 is 0. The van der Waals surface area contributed by atoms with Gasteiger partial charge in [0, 0.05) is 32.1 Å². The molecule has 0 saturated carbocycles. The molecule has 1 amide bonds. The van der Waals surface area contributed by atoms with Crippen LogP contribution in [0.1, 0.15) is 41.6 Å². The maximum Gasteiger partial charge on any atom is 0.254 e. The van der Waals surface area contributed by atoms with E-state index in [1.165, 1.54) is 0 Å². The summed E-state index contributed by atoms with van der Waals surface area (Å²) in [5, 5.41) is 0. The lowest BCUT2D eigenvalue weighted by Crippen LogP contribution is -2.34. The first-order valence-corrected chi connectivity index (χ1v) is 9.48. The lowest BCUT2D eigenvalue weighted by atomic mass is 9.94. The first kappa shape index (κ1) is 19.7. The fraction of sp³-hybridized carbons (Fsp3) is 0.304. The van der Waals surface area contributed by atoms with E-state index < -0.39 is 0 Å². The third-order valence-corrected chi connectivity index (χ3v) is 4.90. The molecule has 146 valence electrons. The van der Waals surface area contributed by atoms with Gasteiger partial charge in [0.1, 0.15) is 18.2 Å². The molecule has 3 aromatic rings. The smallest absolute Gasteiger partial charge is 0.254 e. The first-order chi connectivity index (χ1) is 13.5. The molecule has 0 unspecified atom stereocenters. The van der Waals surface area contributed by atoms with Crippen LogP contribution in [0.25, 0.3) is 0 Å². The van der Waals surface area contributed by atoms with E-state index in [9.17, 15) is 4.79 Å². The number of benzene rings is 2. The monoisotopic (exact) mass is 377 g/mol. The number of ether oxygens (including phenoxy) is 1. The molecule has 2 aromatic carbocycles. The highest BCUT2D eigenvalue weighted by Gasteiger charge is 2.25. The van der Waals surface area contributed by atoms with Crippen LogP contribution in [0.15, 0.2) is 67.0 Å². The molecule has 0 radical (unpaired) electrons. The van der Waals surface area contributed by atoms with E-state index in [-0.39, 0.29) is 11.9 Å². The zero-order valence-corrected chi connectivity index (χ0v) is 16.9. The van der Waals surface area contributed by atoms with Gasteiger partial charge >= 0.3 is 0 Å². The molecular weight excluding hydrogens is 350 g/mol. The van der Waals surface area contributed by atoms with E-state index in [1.54, 1.807) is 6.20 Å². The van der Waals surface area contributed by atoms with E-state index in [0.717, 1.165) is 11.4 Å². The van der Waals surface area contributed by atoms with Crippen LogP contribution in [0.3, 0.4) is 0 Å². The van der Waals surface area contributed by atoms with Crippen LogP contribution in [0.2, 0.25) is 0 Å². The van der Waals surface area contributed by atoms with Gasteiger partial charge in [0.15, 0.2) is 0 Å². The number of rotatable bonds is 7. The third-order valence-electron chi connectivity index (χ3n) is 4.90. The maximum absolute atomic E-state index is 13.0. The highest BCUT2D eigenvalue weighted by Crippen LogP contribution is 2.29. The minimum absolute atomic E-state index is 0.00166. The molecule has 0 aliphatic carbocycles. The Hall–Kier alpha value is -3.08. The van der Waals surface area contributed by atoms with Crippen LogP contribution in [-0.4, -0.2) is 27.4 Å². The van der Waals surface area contributed by atoms with E-state index in [0.29, 0.717) is 23.8 Å². The van der Waals surface area contributed by atoms with E-state index in [2.05, 4.69) is 31.0 Å². The summed E-state index contributed by atoms with van der Waals surface area (Å²) in [6.45, 7) is 4.66. The summed E-state index contributed by atoms with van der Waals surface area (Å²) in [6.07, 6.45) is 3.63. The van der Waals surface area contributed by atoms with Gasteiger partial charge in [-0.3, -0.25) is 4.79 Å². The van der Waals surface area contributed by atoms with Crippen LogP contribution >= 0.6 is 0 Å². The number of hydrogen-bond acceptors (Lipinski definition) is 3. The van der Waals surface area contributed by atoms with Gasteiger partial charge in [0.25, 0.3) is 5.91 Å². The largest absolute Gasteiger partial charge is 0.486 e. The van der Waals surface area contributed by atoms with Crippen molar-refractivity contribution >= 4 is 5.91 Å². The van der Waals surface area contributed by atoms with E-state index in [4.69, 9.17) is 4.74 Å². The zero-order valence-electron chi connectivity index (χ0n) is 16.9. The first-order valence-electron chi connectivity index (χ1n) is 9.48. The lowest BCUT2D eigenvalue weighted by Gasteiger charge is -2.32. The lowest BCUT2D eigenvalue weighted by molar-refractivity contribution is 0.0687. The molecule has 0 fully saturated rings. The highest BCUT2D eigenvalue weighted by molar-refractivity contribution is 5.94. The Kier molecular flexibility index (Phi) is 6.14. The Labute approximate surface area is 166 Å². The molecular formula is C23H27N3O2. The zero-order chi connectivity index (χ0) is 20.1. The van der Waals surface area contributed by atoms with Crippen LogP contribution in [0, 0.1) is 5.92 Å². The molecule has 0 aliphatic rings. The van der Waals surface area contributed by atoms with Crippen LogP contribution in [-0.2, 0) is 13.7 Å². The average molecular weight is 377 g/mol. The Morgan fingerprint density at radius 3 is 2.36 bits per heavy atom. The Morgan fingerprint density at radius 1 is 1.11 bits per heavy atom. The number of nitrogens with zero attached hydrogens (tertiary/aromatic N) is 3. The normalized spacial score (nSPS) is 12.0. The molecule has 0 spiro atoms. The summed E-state index contributed by atoms with van der Waals surface area (Å²) in [5.74, 6) is 1.86. The Morgan fingerprint density at radius 2 is 1.79 bits per heavy atom. The van der Waals surface area contributed by atoms with Crippen molar-refractivity contribution in [3.8, 4) is 5.75 Å². The number of aryl methyl sites for hydroxylation is 1. The minimum Gasteiger partial charge on any atom is -0.486 e. The molecule has 0 aliphatic heterocycles. The van der Waals surface area contributed by atoms with E-state index >= 15 is 0 Å². The second-order valence-corrected chi connectivity index (χ2v) is 7.28. The maximum atomic E-state index is 13.0. The van der Waals surface area contributed by atoms with E-state index in [1.807, 2.05) is 72.2 Å². The summed E-state index contributed by atoms with van der Waals surface area (Å²) in [6, 6.07) is 17.5. The van der Waals surface area contributed by atoms with Gasteiger partial charge in [-0.25, -0.2) is 4.98 Å². The van der Waals surface area contributed by atoms with Crippen molar-refractivity contribution in [2.24, 2.45) is 13.0 Å². The van der Waals surface area contributed by atoms with Gasteiger partial charge in [-0.2, -0.15) is 0 Å². The van der Waals surface area contributed by atoms with Gasteiger partial charge in [0.2, 0.25) is 0 Å². The van der Waals surface area contributed by atoms with Crippen molar-refractivity contribution in [2.45, 2.75) is 26.5 Å².